The molecule has 0 unspecified atom stereocenters. The fourth-order valence-electron chi connectivity index (χ4n) is 1.69. The minimum absolute atomic E-state index is 0.174. The zero-order valence-corrected chi connectivity index (χ0v) is 14.2. The number of aliphatic hydroxyl groups is 1. The van der Waals surface area contributed by atoms with Crippen molar-refractivity contribution < 1.29 is 13.5 Å². The fourth-order valence-corrected chi connectivity index (χ4v) is 5.38. The number of sulfonamides is 1. The highest BCUT2D eigenvalue weighted by Crippen LogP contribution is 2.34. The van der Waals surface area contributed by atoms with E-state index in [1.807, 2.05) is 19.1 Å². The SMILES string of the molecule is Cc1ccc(N(C)S(=O)(=O)c2cc(CO)sc2Br)cc1. The summed E-state index contributed by atoms with van der Waals surface area (Å²) in [5.74, 6) is 0. The molecule has 0 fully saturated rings. The Bertz CT molecular complexity index is 708. The average molecular weight is 376 g/mol. The third kappa shape index (κ3) is 2.90. The molecule has 0 bridgehead atoms. The lowest BCUT2D eigenvalue weighted by molar-refractivity contribution is 0.285. The minimum atomic E-state index is -3.64. The van der Waals surface area contributed by atoms with Crippen LogP contribution in [0.3, 0.4) is 0 Å². The van der Waals surface area contributed by atoms with Crippen LogP contribution in [0.25, 0.3) is 0 Å². The smallest absolute Gasteiger partial charge is 0.266 e. The van der Waals surface area contributed by atoms with E-state index < -0.39 is 10.0 Å². The molecular weight excluding hydrogens is 362 g/mol. The van der Waals surface area contributed by atoms with Crippen molar-refractivity contribution in [1.29, 1.82) is 0 Å². The van der Waals surface area contributed by atoms with Crippen LogP contribution < -0.4 is 4.31 Å². The molecule has 0 aliphatic rings. The number of anilines is 1. The molecule has 0 radical (unpaired) electrons. The second kappa shape index (κ2) is 5.85. The molecule has 2 aromatic rings. The van der Waals surface area contributed by atoms with Crippen molar-refractivity contribution in [2.24, 2.45) is 0 Å². The number of rotatable bonds is 4. The predicted molar refractivity (Wildman–Crippen MR) is 84.7 cm³/mol. The molecule has 108 valence electrons. The second-order valence-corrected chi connectivity index (χ2v) is 8.71. The first-order chi connectivity index (χ1) is 9.36. The van der Waals surface area contributed by atoms with Crippen LogP contribution in [-0.4, -0.2) is 20.6 Å². The molecule has 0 saturated carbocycles. The number of halogens is 1. The average Bonchev–Trinajstić information content (AvgIpc) is 2.81. The van der Waals surface area contributed by atoms with Crippen LogP contribution in [0.1, 0.15) is 10.4 Å². The van der Waals surface area contributed by atoms with E-state index in [4.69, 9.17) is 5.11 Å². The van der Waals surface area contributed by atoms with Gasteiger partial charge in [0, 0.05) is 11.9 Å². The van der Waals surface area contributed by atoms with Crippen LogP contribution in [-0.2, 0) is 16.6 Å². The lowest BCUT2D eigenvalue weighted by Crippen LogP contribution is -2.26. The van der Waals surface area contributed by atoms with E-state index in [1.165, 1.54) is 28.8 Å². The maximum Gasteiger partial charge on any atom is 0.266 e. The highest BCUT2D eigenvalue weighted by atomic mass is 79.9. The standard InChI is InChI=1S/C13H14BrNO3S2/c1-9-3-5-10(6-4-9)15(2)20(17,18)12-7-11(8-16)19-13(12)14/h3-7,16H,8H2,1-2H3. The Morgan fingerprint density at radius 1 is 1.30 bits per heavy atom. The summed E-state index contributed by atoms with van der Waals surface area (Å²) in [5.41, 5.74) is 1.66. The maximum absolute atomic E-state index is 12.6. The third-order valence-corrected chi connectivity index (χ3v) is 6.92. The number of aliphatic hydroxyl groups excluding tert-OH is 1. The van der Waals surface area contributed by atoms with E-state index in [-0.39, 0.29) is 11.5 Å². The number of thiophene rings is 1. The van der Waals surface area contributed by atoms with Gasteiger partial charge in [0.15, 0.2) is 0 Å². The molecule has 0 saturated heterocycles. The molecular formula is C13H14BrNO3S2. The van der Waals surface area contributed by atoms with Gasteiger partial charge in [-0.25, -0.2) is 8.42 Å². The van der Waals surface area contributed by atoms with Crippen molar-refractivity contribution in [2.75, 3.05) is 11.4 Å². The van der Waals surface area contributed by atoms with Gasteiger partial charge in [-0.2, -0.15) is 0 Å². The number of benzene rings is 1. The Morgan fingerprint density at radius 2 is 1.90 bits per heavy atom. The topological polar surface area (TPSA) is 57.6 Å². The molecule has 2 rings (SSSR count). The van der Waals surface area contributed by atoms with Gasteiger partial charge in [-0.3, -0.25) is 4.31 Å². The Kier molecular flexibility index (Phi) is 4.53. The molecule has 4 nitrogen and oxygen atoms in total. The molecule has 0 aliphatic heterocycles. The van der Waals surface area contributed by atoms with E-state index in [1.54, 1.807) is 12.1 Å². The summed E-state index contributed by atoms with van der Waals surface area (Å²) in [7, 11) is -2.12. The van der Waals surface area contributed by atoms with Crippen LogP contribution in [0, 0.1) is 6.92 Å². The quantitative estimate of drug-likeness (QED) is 0.892. The van der Waals surface area contributed by atoms with Crippen LogP contribution in [0.4, 0.5) is 5.69 Å². The molecule has 1 N–H and O–H groups in total. The summed E-state index contributed by atoms with van der Waals surface area (Å²) in [6, 6.07) is 8.75. The van der Waals surface area contributed by atoms with Crippen molar-refractivity contribution in [2.45, 2.75) is 18.4 Å². The van der Waals surface area contributed by atoms with Crippen molar-refractivity contribution in [1.82, 2.24) is 0 Å². The van der Waals surface area contributed by atoms with Gasteiger partial charge in [0.1, 0.15) is 4.90 Å². The molecule has 1 heterocycles. The molecule has 0 atom stereocenters. The first kappa shape index (κ1) is 15.5. The van der Waals surface area contributed by atoms with Crippen LogP contribution in [0.15, 0.2) is 39.0 Å². The highest BCUT2D eigenvalue weighted by molar-refractivity contribution is 9.11. The maximum atomic E-state index is 12.6. The Hall–Kier alpha value is -0.890. The minimum Gasteiger partial charge on any atom is -0.391 e. The zero-order valence-electron chi connectivity index (χ0n) is 11.0. The molecule has 7 heteroatoms. The Labute approximate surface area is 130 Å². The number of hydrogen-bond acceptors (Lipinski definition) is 4. The number of nitrogens with zero attached hydrogens (tertiary/aromatic N) is 1. The number of hydrogen-bond donors (Lipinski definition) is 1. The molecule has 0 amide bonds. The van der Waals surface area contributed by atoms with Gasteiger partial charge in [0.2, 0.25) is 0 Å². The van der Waals surface area contributed by atoms with Gasteiger partial charge < -0.3 is 5.11 Å². The zero-order chi connectivity index (χ0) is 14.9. The summed E-state index contributed by atoms with van der Waals surface area (Å²) in [4.78, 5) is 0.780. The first-order valence-corrected chi connectivity index (χ1v) is 8.86. The third-order valence-electron chi connectivity index (χ3n) is 2.90. The number of aryl methyl sites for hydroxylation is 1. The normalized spacial score (nSPS) is 11.6. The van der Waals surface area contributed by atoms with Crippen LogP contribution in [0.2, 0.25) is 0 Å². The molecule has 20 heavy (non-hydrogen) atoms. The van der Waals surface area contributed by atoms with E-state index in [0.717, 1.165) is 5.56 Å². The summed E-state index contributed by atoms with van der Waals surface area (Å²) in [5, 5.41) is 9.11. The van der Waals surface area contributed by atoms with Crippen molar-refractivity contribution in [3.8, 4) is 0 Å². The lowest BCUT2D eigenvalue weighted by atomic mass is 10.2. The molecule has 1 aromatic heterocycles. The summed E-state index contributed by atoms with van der Waals surface area (Å²) < 4.78 is 26.9. The monoisotopic (exact) mass is 375 g/mol. The lowest BCUT2D eigenvalue weighted by Gasteiger charge is -2.19. The highest BCUT2D eigenvalue weighted by Gasteiger charge is 2.26. The first-order valence-electron chi connectivity index (χ1n) is 5.81. The fraction of sp³-hybridized carbons (Fsp3) is 0.231. The van der Waals surface area contributed by atoms with Crippen molar-refractivity contribution in [3.63, 3.8) is 0 Å². The molecule has 1 aromatic carbocycles. The van der Waals surface area contributed by atoms with Crippen molar-refractivity contribution >= 4 is 43.0 Å². The summed E-state index contributed by atoms with van der Waals surface area (Å²) in [6.07, 6.45) is 0. The van der Waals surface area contributed by atoms with Gasteiger partial charge in [-0.05, 0) is 41.1 Å². The van der Waals surface area contributed by atoms with Gasteiger partial charge in [-0.1, -0.05) is 17.7 Å². The van der Waals surface area contributed by atoms with Gasteiger partial charge >= 0.3 is 0 Å². The van der Waals surface area contributed by atoms with E-state index >= 15 is 0 Å². The van der Waals surface area contributed by atoms with E-state index in [0.29, 0.717) is 14.4 Å². The Balaban J connectivity index is 2.43. The van der Waals surface area contributed by atoms with Crippen molar-refractivity contribution in [3.05, 3.63) is 44.6 Å². The van der Waals surface area contributed by atoms with Crippen LogP contribution in [0.5, 0.6) is 0 Å². The van der Waals surface area contributed by atoms with Crippen LogP contribution >= 0.6 is 27.3 Å². The largest absolute Gasteiger partial charge is 0.391 e. The van der Waals surface area contributed by atoms with Gasteiger partial charge in [-0.15, -0.1) is 11.3 Å². The second-order valence-electron chi connectivity index (χ2n) is 4.32. The summed E-state index contributed by atoms with van der Waals surface area (Å²) in [6.45, 7) is 1.77. The Morgan fingerprint density at radius 3 is 2.40 bits per heavy atom. The molecule has 0 aliphatic carbocycles. The van der Waals surface area contributed by atoms with E-state index in [2.05, 4.69) is 15.9 Å². The predicted octanol–water partition coefficient (Wildman–Crippen LogP) is 3.14. The van der Waals surface area contributed by atoms with Gasteiger partial charge in [0.05, 0.1) is 16.1 Å². The summed E-state index contributed by atoms with van der Waals surface area (Å²) >= 11 is 4.46. The molecule has 0 spiro atoms. The van der Waals surface area contributed by atoms with Gasteiger partial charge in [0.25, 0.3) is 10.0 Å². The van der Waals surface area contributed by atoms with E-state index in [9.17, 15) is 8.42 Å².